The minimum absolute atomic E-state index is 0. The summed E-state index contributed by atoms with van der Waals surface area (Å²) in [5, 5.41) is 2.23. The number of carbonyl (C=O) groups is 1. The van der Waals surface area contributed by atoms with Gasteiger partial charge in [0.25, 0.3) is 5.91 Å². The largest absolute Gasteiger partial charge is 0.333 e. The second kappa shape index (κ2) is 9.32. The Labute approximate surface area is 157 Å². The molecule has 2 aromatic rings. The Morgan fingerprint density at radius 1 is 1.33 bits per heavy atom. The first kappa shape index (κ1) is 20.8. The summed E-state index contributed by atoms with van der Waals surface area (Å²) in [4.78, 5) is 18.8. The van der Waals surface area contributed by atoms with E-state index in [-0.39, 0.29) is 42.6 Å². The molecule has 1 unspecified atom stereocenters. The number of amides is 1. The van der Waals surface area contributed by atoms with E-state index in [0.717, 1.165) is 19.3 Å². The van der Waals surface area contributed by atoms with Gasteiger partial charge < -0.3 is 10.6 Å². The lowest BCUT2D eigenvalue weighted by Crippen LogP contribution is -2.47. The van der Waals surface area contributed by atoms with Gasteiger partial charge >= 0.3 is 0 Å². The highest BCUT2D eigenvalue weighted by molar-refractivity contribution is 7.13. The van der Waals surface area contributed by atoms with Crippen LogP contribution in [0.2, 0.25) is 0 Å². The maximum absolute atomic E-state index is 13.8. The molecule has 0 aliphatic carbocycles. The normalized spacial score (nSPS) is 16.9. The number of hydrogen-bond acceptors (Lipinski definition) is 4. The maximum atomic E-state index is 13.8. The van der Waals surface area contributed by atoms with E-state index in [1.807, 2.05) is 4.90 Å². The first-order valence-electron chi connectivity index (χ1n) is 7.42. The molecular formula is C16H20Cl2FN3OS. The summed E-state index contributed by atoms with van der Waals surface area (Å²) in [7, 11) is 0. The van der Waals surface area contributed by atoms with Gasteiger partial charge in [0, 0.05) is 30.1 Å². The van der Waals surface area contributed by atoms with Gasteiger partial charge in [-0.2, -0.15) is 0 Å². The van der Waals surface area contributed by atoms with Gasteiger partial charge in [0.2, 0.25) is 0 Å². The van der Waals surface area contributed by atoms with Gasteiger partial charge in [-0.3, -0.25) is 4.79 Å². The van der Waals surface area contributed by atoms with Crippen molar-refractivity contribution in [2.75, 3.05) is 13.1 Å². The van der Waals surface area contributed by atoms with Crippen molar-refractivity contribution < 1.29 is 9.18 Å². The fourth-order valence-electron chi connectivity index (χ4n) is 2.79. The molecule has 0 spiro atoms. The maximum Gasteiger partial charge on any atom is 0.273 e. The van der Waals surface area contributed by atoms with Crippen LogP contribution in [0, 0.1) is 5.82 Å². The molecule has 132 valence electrons. The van der Waals surface area contributed by atoms with Crippen LogP contribution in [0.3, 0.4) is 0 Å². The van der Waals surface area contributed by atoms with Crippen molar-refractivity contribution in [2.24, 2.45) is 5.73 Å². The van der Waals surface area contributed by atoms with E-state index in [4.69, 9.17) is 5.73 Å². The molecule has 1 saturated heterocycles. The Morgan fingerprint density at radius 2 is 2.08 bits per heavy atom. The number of nitrogens with zero attached hydrogens (tertiary/aromatic N) is 2. The molecule has 1 fully saturated rings. The zero-order valence-corrected chi connectivity index (χ0v) is 15.4. The van der Waals surface area contributed by atoms with Gasteiger partial charge in [0.1, 0.15) is 16.5 Å². The Morgan fingerprint density at radius 3 is 2.79 bits per heavy atom. The van der Waals surface area contributed by atoms with Gasteiger partial charge in [0.05, 0.1) is 0 Å². The summed E-state index contributed by atoms with van der Waals surface area (Å²) in [6, 6.07) is 6.55. The lowest BCUT2D eigenvalue weighted by Gasteiger charge is -2.34. The predicted octanol–water partition coefficient (Wildman–Crippen LogP) is 3.75. The molecule has 1 aliphatic rings. The van der Waals surface area contributed by atoms with Crippen molar-refractivity contribution in [2.45, 2.75) is 25.3 Å². The summed E-state index contributed by atoms with van der Waals surface area (Å²) >= 11 is 1.29. The van der Waals surface area contributed by atoms with Gasteiger partial charge in [-0.05, 0) is 31.4 Å². The van der Waals surface area contributed by atoms with E-state index in [1.54, 1.807) is 23.6 Å². The van der Waals surface area contributed by atoms with Crippen molar-refractivity contribution in [3.05, 3.63) is 41.2 Å². The van der Waals surface area contributed by atoms with Gasteiger partial charge in [-0.15, -0.1) is 36.2 Å². The molecule has 3 rings (SSSR count). The summed E-state index contributed by atoms with van der Waals surface area (Å²) in [5.41, 5.74) is 6.57. The van der Waals surface area contributed by atoms with E-state index in [1.165, 1.54) is 17.4 Å². The highest BCUT2D eigenvalue weighted by atomic mass is 35.5. The number of halogens is 3. The molecule has 24 heavy (non-hydrogen) atoms. The van der Waals surface area contributed by atoms with Crippen LogP contribution in [0.1, 0.15) is 29.8 Å². The van der Waals surface area contributed by atoms with Crippen LogP contribution in [-0.2, 0) is 0 Å². The third-order valence-corrected chi connectivity index (χ3v) is 4.86. The summed E-state index contributed by atoms with van der Waals surface area (Å²) < 4.78 is 13.8. The fourth-order valence-corrected chi connectivity index (χ4v) is 3.61. The molecule has 0 radical (unpaired) electrons. The molecule has 4 nitrogen and oxygen atoms in total. The van der Waals surface area contributed by atoms with Crippen LogP contribution in [0.15, 0.2) is 29.6 Å². The number of aromatic nitrogens is 1. The number of benzene rings is 1. The molecule has 1 aliphatic heterocycles. The van der Waals surface area contributed by atoms with Crippen LogP contribution in [0.25, 0.3) is 10.6 Å². The topological polar surface area (TPSA) is 59.2 Å². The SMILES string of the molecule is Cl.Cl.NCC1CCCCN1C(=O)c1csc(-c2ccccc2F)n1. The fraction of sp³-hybridized carbons (Fsp3) is 0.375. The molecule has 1 amide bonds. The Balaban J connectivity index is 0.00000144. The van der Waals surface area contributed by atoms with Crippen molar-refractivity contribution in [3.8, 4) is 10.6 Å². The molecule has 0 saturated carbocycles. The van der Waals surface area contributed by atoms with Crippen LogP contribution in [0.5, 0.6) is 0 Å². The van der Waals surface area contributed by atoms with Crippen molar-refractivity contribution in [3.63, 3.8) is 0 Å². The summed E-state index contributed by atoms with van der Waals surface area (Å²) in [6.07, 6.45) is 3.03. The van der Waals surface area contributed by atoms with Crippen molar-refractivity contribution in [1.29, 1.82) is 0 Å². The molecule has 1 atom stereocenters. The lowest BCUT2D eigenvalue weighted by atomic mass is 10.0. The molecular weight excluding hydrogens is 372 g/mol. The quantitative estimate of drug-likeness (QED) is 0.866. The van der Waals surface area contributed by atoms with Crippen LogP contribution < -0.4 is 5.73 Å². The smallest absolute Gasteiger partial charge is 0.273 e. The zero-order chi connectivity index (χ0) is 15.5. The third kappa shape index (κ3) is 4.25. The van der Waals surface area contributed by atoms with Gasteiger partial charge in [-0.1, -0.05) is 12.1 Å². The standard InChI is InChI=1S/C16H18FN3OS.2ClH/c17-13-7-2-1-6-12(13)15-19-14(10-22-15)16(21)20-8-4-3-5-11(20)9-18;;/h1-2,6-7,10-11H,3-5,8-9,18H2;2*1H. The molecule has 1 aromatic heterocycles. The zero-order valence-electron chi connectivity index (χ0n) is 13.0. The van der Waals surface area contributed by atoms with E-state index >= 15 is 0 Å². The highest BCUT2D eigenvalue weighted by Crippen LogP contribution is 2.27. The molecule has 0 bridgehead atoms. The van der Waals surface area contributed by atoms with E-state index in [9.17, 15) is 9.18 Å². The van der Waals surface area contributed by atoms with Crippen LogP contribution >= 0.6 is 36.2 Å². The summed E-state index contributed by atoms with van der Waals surface area (Å²) in [6.45, 7) is 1.18. The number of rotatable bonds is 3. The number of hydrogen-bond donors (Lipinski definition) is 1. The van der Waals surface area contributed by atoms with Crippen LogP contribution in [0.4, 0.5) is 4.39 Å². The number of likely N-dealkylation sites (tertiary alicyclic amines) is 1. The Bertz CT molecular complexity index is 683. The predicted molar refractivity (Wildman–Crippen MR) is 99.7 cm³/mol. The van der Waals surface area contributed by atoms with E-state index in [2.05, 4.69) is 4.98 Å². The third-order valence-electron chi connectivity index (χ3n) is 3.99. The number of nitrogens with two attached hydrogens (primary N) is 1. The average molecular weight is 392 g/mol. The van der Waals surface area contributed by atoms with Crippen molar-refractivity contribution in [1.82, 2.24) is 9.88 Å². The first-order chi connectivity index (χ1) is 10.7. The minimum atomic E-state index is -0.325. The molecule has 2 heterocycles. The summed E-state index contributed by atoms with van der Waals surface area (Å²) in [5.74, 6) is -0.428. The molecule has 8 heteroatoms. The second-order valence-corrected chi connectivity index (χ2v) is 6.26. The van der Waals surface area contributed by atoms with E-state index in [0.29, 0.717) is 29.4 Å². The average Bonchev–Trinajstić information content (AvgIpc) is 3.04. The number of piperidine rings is 1. The second-order valence-electron chi connectivity index (χ2n) is 5.40. The van der Waals surface area contributed by atoms with Crippen LogP contribution in [-0.4, -0.2) is 34.9 Å². The minimum Gasteiger partial charge on any atom is -0.333 e. The monoisotopic (exact) mass is 391 g/mol. The Hall–Kier alpha value is -1.21. The Kier molecular flexibility index (Phi) is 8.09. The van der Waals surface area contributed by atoms with E-state index < -0.39 is 0 Å². The highest BCUT2D eigenvalue weighted by Gasteiger charge is 2.28. The van der Waals surface area contributed by atoms with Gasteiger partial charge in [0.15, 0.2) is 0 Å². The number of carbonyl (C=O) groups excluding carboxylic acids is 1. The number of thiazole rings is 1. The van der Waals surface area contributed by atoms with Crippen molar-refractivity contribution >= 4 is 42.1 Å². The lowest BCUT2D eigenvalue weighted by molar-refractivity contribution is 0.0618. The molecule has 2 N–H and O–H groups in total. The first-order valence-corrected chi connectivity index (χ1v) is 8.30. The molecule has 1 aromatic carbocycles. The van der Waals surface area contributed by atoms with Gasteiger partial charge in [-0.25, -0.2) is 9.37 Å².